The highest BCUT2D eigenvalue weighted by Gasteiger charge is 2.25. The Bertz CT molecular complexity index is 745. The van der Waals surface area contributed by atoms with E-state index in [4.69, 9.17) is 4.74 Å². The van der Waals surface area contributed by atoms with Crippen LogP contribution in [0.1, 0.15) is 30.7 Å². The number of hydrogen-bond donors (Lipinski definition) is 2. The van der Waals surface area contributed by atoms with Crippen LogP contribution in [-0.2, 0) is 4.74 Å². The van der Waals surface area contributed by atoms with Crippen molar-refractivity contribution in [1.82, 2.24) is 20.1 Å². The third kappa shape index (κ3) is 4.45. The first kappa shape index (κ1) is 18.3. The van der Waals surface area contributed by atoms with Gasteiger partial charge in [-0.2, -0.15) is 0 Å². The van der Waals surface area contributed by atoms with Gasteiger partial charge in [-0.05, 0) is 43.4 Å². The van der Waals surface area contributed by atoms with Gasteiger partial charge in [0.05, 0.1) is 13.2 Å². The molecule has 6 nitrogen and oxygen atoms in total. The molecular formula is C21H30N4O2. The van der Waals surface area contributed by atoms with Crippen molar-refractivity contribution in [2.75, 3.05) is 52.5 Å². The Labute approximate surface area is 160 Å². The summed E-state index contributed by atoms with van der Waals surface area (Å²) in [6.07, 6.45) is 5.21. The van der Waals surface area contributed by atoms with Gasteiger partial charge in [-0.25, -0.2) is 4.79 Å². The maximum Gasteiger partial charge on any atom is 0.317 e. The summed E-state index contributed by atoms with van der Waals surface area (Å²) in [5.74, 6) is 0.534. The van der Waals surface area contributed by atoms with Crippen LogP contribution in [0.3, 0.4) is 0 Å². The Balaban J connectivity index is 1.20. The second kappa shape index (κ2) is 8.76. The number of carbonyl (C=O) groups excluding carboxylic acids is 1. The minimum absolute atomic E-state index is 0.0920. The molecule has 146 valence electrons. The molecule has 0 atom stereocenters. The van der Waals surface area contributed by atoms with Gasteiger partial charge in [0.2, 0.25) is 0 Å². The number of aromatic amines is 1. The van der Waals surface area contributed by atoms with Crippen LogP contribution in [0.4, 0.5) is 4.79 Å². The summed E-state index contributed by atoms with van der Waals surface area (Å²) in [5.41, 5.74) is 2.60. The van der Waals surface area contributed by atoms with E-state index in [9.17, 15) is 4.79 Å². The molecule has 27 heavy (non-hydrogen) atoms. The highest BCUT2D eigenvalue weighted by molar-refractivity contribution is 5.83. The van der Waals surface area contributed by atoms with Gasteiger partial charge in [0.1, 0.15) is 0 Å². The zero-order chi connectivity index (χ0) is 18.5. The van der Waals surface area contributed by atoms with Crippen molar-refractivity contribution >= 4 is 16.9 Å². The highest BCUT2D eigenvalue weighted by Crippen LogP contribution is 2.33. The Kier molecular flexibility index (Phi) is 5.94. The van der Waals surface area contributed by atoms with E-state index in [1.807, 2.05) is 4.90 Å². The Morgan fingerprint density at radius 3 is 2.74 bits per heavy atom. The van der Waals surface area contributed by atoms with E-state index in [1.54, 1.807) is 0 Å². The Morgan fingerprint density at radius 2 is 1.93 bits per heavy atom. The molecule has 2 fully saturated rings. The van der Waals surface area contributed by atoms with Crippen molar-refractivity contribution in [3.8, 4) is 0 Å². The van der Waals surface area contributed by atoms with Crippen molar-refractivity contribution in [3.63, 3.8) is 0 Å². The minimum atomic E-state index is 0.0920. The summed E-state index contributed by atoms with van der Waals surface area (Å²) in [5, 5.41) is 4.42. The van der Waals surface area contributed by atoms with E-state index in [0.717, 1.165) is 71.7 Å². The smallest absolute Gasteiger partial charge is 0.317 e. The SMILES string of the molecule is O=C(NCCCN1CCOCC1)N1CCC(c2c[nH]c3ccccc23)CC1. The number of hydrogen-bond acceptors (Lipinski definition) is 3. The molecule has 1 aromatic heterocycles. The van der Waals surface area contributed by atoms with Crippen LogP contribution in [-0.4, -0.2) is 73.3 Å². The lowest BCUT2D eigenvalue weighted by Crippen LogP contribution is -2.45. The molecule has 2 N–H and O–H groups in total. The van der Waals surface area contributed by atoms with Crippen LogP contribution in [0, 0.1) is 0 Å². The molecule has 2 saturated heterocycles. The van der Waals surface area contributed by atoms with Crippen LogP contribution in [0.2, 0.25) is 0 Å². The second-order valence-electron chi connectivity index (χ2n) is 7.59. The van der Waals surface area contributed by atoms with E-state index in [-0.39, 0.29) is 6.03 Å². The molecule has 0 unspecified atom stereocenters. The van der Waals surface area contributed by atoms with E-state index in [0.29, 0.717) is 5.92 Å². The number of amides is 2. The largest absolute Gasteiger partial charge is 0.379 e. The van der Waals surface area contributed by atoms with Crippen LogP contribution < -0.4 is 5.32 Å². The van der Waals surface area contributed by atoms with Crippen LogP contribution in [0.25, 0.3) is 10.9 Å². The summed E-state index contributed by atoms with van der Waals surface area (Å²) in [6, 6.07) is 8.57. The number of aromatic nitrogens is 1. The van der Waals surface area contributed by atoms with Crippen molar-refractivity contribution in [3.05, 3.63) is 36.0 Å². The van der Waals surface area contributed by atoms with Gasteiger partial charge < -0.3 is 19.9 Å². The molecular weight excluding hydrogens is 340 g/mol. The fraction of sp³-hybridized carbons (Fsp3) is 0.571. The second-order valence-corrected chi connectivity index (χ2v) is 7.59. The summed E-state index contributed by atoms with van der Waals surface area (Å²) >= 11 is 0. The number of nitrogens with zero attached hydrogens (tertiary/aromatic N) is 2. The molecule has 6 heteroatoms. The molecule has 2 amide bonds. The van der Waals surface area contributed by atoms with Gasteiger partial charge in [-0.15, -0.1) is 0 Å². The van der Waals surface area contributed by atoms with Gasteiger partial charge in [-0.3, -0.25) is 4.90 Å². The highest BCUT2D eigenvalue weighted by atomic mass is 16.5. The van der Waals surface area contributed by atoms with Crippen molar-refractivity contribution in [2.45, 2.75) is 25.2 Å². The third-order valence-corrected chi connectivity index (χ3v) is 5.87. The van der Waals surface area contributed by atoms with Gasteiger partial charge in [-0.1, -0.05) is 18.2 Å². The lowest BCUT2D eigenvalue weighted by molar-refractivity contribution is 0.0375. The number of urea groups is 1. The zero-order valence-corrected chi connectivity index (χ0v) is 16.0. The molecule has 0 bridgehead atoms. The van der Waals surface area contributed by atoms with Gasteiger partial charge in [0.15, 0.2) is 0 Å². The number of fused-ring (bicyclic) bond motifs is 1. The maximum atomic E-state index is 12.4. The quantitative estimate of drug-likeness (QED) is 0.796. The summed E-state index contributed by atoms with van der Waals surface area (Å²) in [4.78, 5) is 20.2. The van der Waals surface area contributed by atoms with E-state index in [1.165, 1.54) is 16.5 Å². The van der Waals surface area contributed by atoms with Gasteiger partial charge >= 0.3 is 6.03 Å². The normalized spacial score (nSPS) is 19.5. The zero-order valence-electron chi connectivity index (χ0n) is 16.0. The number of rotatable bonds is 5. The van der Waals surface area contributed by atoms with E-state index in [2.05, 4.69) is 45.7 Å². The first-order valence-electron chi connectivity index (χ1n) is 10.2. The average Bonchev–Trinajstić information content (AvgIpc) is 3.16. The number of H-pyrrole nitrogens is 1. The Hall–Kier alpha value is -2.05. The molecule has 0 radical (unpaired) electrons. The van der Waals surface area contributed by atoms with Crippen molar-refractivity contribution in [2.24, 2.45) is 0 Å². The summed E-state index contributed by atoms with van der Waals surface area (Å²) in [7, 11) is 0. The number of piperidine rings is 1. The van der Waals surface area contributed by atoms with Gasteiger partial charge in [0.25, 0.3) is 0 Å². The van der Waals surface area contributed by atoms with Crippen LogP contribution in [0.5, 0.6) is 0 Å². The van der Waals surface area contributed by atoms with E-state index < -0.39 is 0 Å². The number of morpholine rings is 1. The molecule has 4 rings (SSSR count). The van der Waals surface area contributed by atoms with Crippen molar-refractivity contribution in [1.29, 1.82) is 0 Å². The predicted molar refractivity (Wildman–Crippen MR) is 107 cm³/mol. The molecule has 0 aliphatic carbocycles. The molecule has 2 aliphatic rings. The number of carbonyl (C=O) groups is 1. The lowest BCUT2D eigenvalue weighted by Gasteiger charge is -2.32. The summed E-state index contributed by atoms with van der Waals surface area (Å²) < 4.78 is 5.36. The first-order chi connectivity index (χ1) is 13.3. The average molecular weight is 370 g/mol. The first-order valence-corrected chi connectivity index (χ1v) is 10.2. The number of likely N-dealkylation sites (tertiary alicyclic amines) is 1. The number of ether oxygens (including phenoxy) is 1. The fourth-order valence-electron chi connectivity index (χ4n) is 4.26. The molecule has 3 heterocycles. The number of para-hydroxylation sites is 1. The molecule has 1 aromatic carbocycles. The molecule has 2 aromatic rings. The van der Waals surface area contributed by atoms with Gasteiger partial charge in [0, 0.05) is 49.8 Å². The maximum absolute atomic E-state index is 12.4. The summed E-state index contributed by atoms with van der Waals surface area (Å²) in [6.45, 7) is 7.13. The third-order valence-electron chi connectivity index (χ3n) is 5.87. The van der Waals surface area contributed by atoms with E-state index >= 15 is 0 Å². The van der Waals surface area contributed by atoms with Crippen molar-refractivity contribution < 1.29 is 9.53 Å². The molecule has 0 spiro atoms. The fourth-order valence-corrected chi connectivity index (χ4v) is 4.26. The minimum Gasteiger partial charge on any atom is -0.379 e. The van der Waals surface area contributed by atoms with Crippen LogP contribution in [0.15, 0.2) is 30.5 Å². The Morgan fingerprint density at radius 1 is 1.15 bits per heavy atom. The topological polar surface area (TPSA) is 60.6 Å². The van der Waals surface area contributed by atoms with Crippen LogP contribution >= 0.6 is 0 Å². The predicted octanol–water partition coefficient (Wildman–Crippen LogP) is 2.78. The molecule has 2 aliphatic heterocycles. The monoisotopic (exact) mass is 370 g/mol. The standard InChI is InChI=1S/C21H30N4O2/c26-21(22-8-3-9-24-12-14-27-15-13-24)25-10-6-17(7-11-25)19-16-23-20-5-2-1-4-18(19)20/h1-2,4-5,16-17,23H,3,6-15H2,(H,22,26). The number of benzene rings is 1. The lowest BCUT2D eigenvalue weighted by atomic mass is 9.89. The molecule has 0 saturated carbocycles. The number of nitrogens with one attached hydrogen (secondary N) is 2.